The molecule has 0 bridgehead atoms. The van der Waals surface area contributed by atoms with E-state index in [0.29, 0.717) is 12.8 Å². The predicted molar refractivity (Wildman–Crippen MR) is 68.9 cm³/mol. The topological polar surface area (TPSA) is 46.5 Å². The molecule has 0 radical (unpaired) electrons. The van der Waals surface area contributed by atoms with E-state index in [1.54, 1.807) is 0 Å². The molecule has 0 aliphatic heterocycles. The van der Waals surface area contributed by atoms with Crippen LogP contribution in [0.4, 0.5) is 0 Å². The first-order chi connectivity index (χ1) is 7.62. The highest BCUT2D eigenvalue weighted by molar-refractivity contribution is 7.52. The third kappa shape index (κ3) is 10.7. The lowest BCUT2D eigenvalue weighted by atomic mass is 10.2. The Bertz CT molecular complexity index is 195. The predicted octanol–water partition coefficient (Wildman–Crippen LogP) is 4.35. The molecule has 1 unspecified atom stereocenters. The molecule has 3 nitrogen and oxygen atoms in total. The summed E-state index contributed by atoms with van der Waals surface area (Å²) in [6.07, 6.45) is 8.77. The molecule has 16 heavy (non-hydrogen) atoms. The van der Waals surface area contributed by atoms with E-state index >= 15 is 0 Å². The molecule has 0 aromatic rings. The highest BCUT2D eigenvalue weighted by Gasteiger charge is 2.17. The normalized spacial score (nSPS) is 14.9. The zero-order valence-corrected chi connectivity index (χ0v) is 11.7. The fourth-order valence-corrected chi connectivity index (χ4v) is 2.71. The smallest absolute Gasteiger partial charge is 0.324 e. The van der Waals surface area contributed by atoms with E-state index in [1.807, 2.05) is 0 Å². The van der Waals surface area contributed by atoms with Crippen LogP contribution < -0.4 is 0 Å². The van der Waals surface area contributed by atoms with Gasteiger partial charge in [0.25, 0.3) is 0 Å². The van der Waals surface area contributed by atoms with E-state index in [-0.39, 0.29) is 0 Å². The third-order valence-electron chi connectivity index (χ3n) is 2.59. The number of rotatable bonds is 11. The van der Waals surface area contributed by atoms with Gasteiger partial charge in [0, 0.05) is 6.16 Å². The van der Waals surface area contributed by atoms with Gasteiger partial charge in [0.15, 0.2) is 0 Å². The molecule has 0 amide bonds. The molecule has 0 fully saturated rings. The second-order valence-electron chi connectivity index (χ2n) is 4.32. The minimum atomic E-state index is -3.28. The van der Waals surface area contributed by atoms with Gasteiger partial charge in [-0.05, 0) is 12.8 Å². The highest BCUT2D eigenvalue weighted by Crippen LogP contribution is 2.43. The van der Waals surface area contributed by atoms with Crippen LogP contribution in [0.2, 0.25) is 0 Å². The largest absolute Gasteiger partial charge is 0.328 e. The summed E-state index contributed by atoms with van der Waals surface area (Å²) in [6, 6.07) is 0. The molecule has 0 rings (SSSR count). The van der Waals surface area contributed by atoms with Gasteiger partial charge in [0.1, 0.15) is 0 Å². The molecular formula is C12H27O3P. The van der Waals surface area contributed by atoms with Crippen LogP contribution >= 0.6 is 7.60 Å². The Morgan fingerprint density at radius 2 is 1.50 bits per heavy atom. The lowest BCUT2D eigenvalue weighted by Crippen LogP contribution is -1.97. The Labute approximate surface area is 100 Å². The molecule has 0 aliphatic rings. The lowest BCUT2D eigenvalue weighted by Gasteiger charge is -2.11. The summed E-state index contributed by atoms with van der Waals surface area (Å²) in [7, 11) is -3.28. The van der Waals surface area contributed by atoms with E-state index in [0.717, 1.165) is 38.5 Å². The summed E-state index contributed by atoms with van der Waals surface area (Å²) in [6.45, 7) is 4.70. The lowest BCUT2D eigenvalue weighted by molar-refractivity contribution is 0.252. The minimum absolute atomic E-state index is 0.320. The molecule has 0 aromatic carbocycles. The van der Waals surface area contributed by atoms with Crippen LogP contribution in [0, 0.1) is 0 Å². The van der Waals surface area contributed by atoms with Crippen molar-refractivity contribution in [3.8, 4) is 0 Å². The summed E-state index contributed by atoms with van der Waals surface area (Å²) < 4.78 is 16.6. The van der Waals surface area contributed by atoms with Gasteiger partial charge in [-0.2, -0.15) is 0 Å². The van der Waals surface area contributed by atoms with Gasteiger partial charge in [-0.15, -0.1) is 0 Å². The van der Waals surface area contributed by atoms with Gasteiger partial charge < -0.3 is 9.42 Å². The fourth-order valence-electron chi connectivity index (χ4n) is 1.54. The Morgan fingerprint density at radius 1 is 0.938 bits per heavy atom. The van der Waals surface area contributed by atoms with Crippen molar-refractivity contribution in [2.24, 2.45) is 0 Å². The van der Waals surface area contributed by atoms with Gasteiger partial charge in [-0.1, -0.05) is 52.4 Å². The van der Waals surface area contributed by atoms with E-state index < -0.39 is 7.60 Å². The first kappa shape index (κ1) is 16.1. The average molecular weight is 250 g/mol. The molecule has 1 atom stereocenters. The Hall–Kier alpha value is 0.150. The summed E-state index contributed by atoms with van der Waals surface area (Å²) in [5, 5.41) is 0. The van der Waals surface area contributed by atoms with Gasteiger partial charge >= 0.3 is 7.60 Å². The molecule has 4 heteroatoms. The van der Waals surface area contributed by atoms with Crippen LogP contribution in [0.25, 0.3) is 0 Å². The number of hydrogen-bond acceptors (Lipinski definition) is 2. The van der Waals surface area contributed by atoms with E-state index in [9.17, 15) is 9.46 Å². The van der Waals surface area contributed by atoms with Gasteiger partial charge in [0.2, 0.25) is 0 Å². The quantitative estimate of drug-likeness (QED) is 0.438. The van der Waals surface area contributed by atoms with Gasteiger partial charge in [-0.3, -0.25) is 4.57 Å². The second-order valence-corrected chi connectivity index (χ2v) is 6.30. The van der Waals surface area contributed by atoms with Gasteiger partial charge in [-0.25, -0.2) is 0 Å². The zero-order chi connectivity index (χ0) is 12.3. The summed E-state index contributed by atoms with van der Waals surface area (Å²) in [5.41, 5.74) is 0. The number of unbranched alkanes of at least 4 members (excludes halogenated alkanes) is 6. The summed E-state index contributed by atoms with van der Waals surface area (Å²) in [4.78, 5) is 9.50. The molecule has 1 N–H and O–H groups in total. The minimum Gasteiger partial charge on any atom is -0.324 e. The van der Waals surface area contributed by atoms with Crippen molar-refractivity contribution in [2.75, 3.05) is 12.8 Å². The van der Waals surface area contributed by atoms with E-state index in [1.165, 1.54) is 12.8 Å². The van der Waals surface area contributed by atoms with Crippen molar-refractivity contribution in [3.05, 3.63) is 0 Å². The SMILES string of the molecule is CCCCCCOP(=O)(O)CCCCCC. The number of hydrogen-bond donors (Lipinski definition) is 1. The second kappa shape index (κ2) is 10.3. The highest BCUT2D eigenvalue weighted by atomic mass is 31.2. The van der Waals surface area contributed by atoms with Crippen molar-refractivity contribution in [3.63, 3.8) is 0 Å². The first-order valence-electron chi connectivity index (χ1n) is 6.58. The van der Waals surface area contributed by atoms with Crippen LogP contribution in [-0.4, -0.2) is 17.7 Å². The standard InChI is InChI=1S/C12H27O3P/c1-3-5-7-9-11-15-16(13,14)12-10-8-6-4-2/h3-12H2,1-2H3,(H,13,14). The summed E-state index contributed by atoms with van der Waals surface area (Å²) >= 11 is 0. The van der Waals surface area contributed by atoms with Gasteiger partial charge in [0.05, 0.1) is 6.61 Å². The van der Waals surface area contributed by atoms with Crippen LogP contribution in [0.1, 0.15) is 65.2 Å². The van der Waals surface area contributed by atoms with E-state index in [2.05, 4.69) is 13.8 Å². The third-order valence-corrected chi connectivity index (χ3v) is 4.05. The zero-order valence-electron chi connectivity index (χ0n) is 10.8. The Balaban J connectivity index is 3.43. The monoisotopic (exact) mass is 250 g/mol. The van der Waals surface area contributed by atoms with Crippen molar-refractivity contribution in [2.45, 2.75) is 65.2 Å². The molecule has 0 heterocycles. The van der Waals surface area contributed by atoms with Crippen LogP contribution in [0.15, 0.2) is 0 Å². The Kier molecular flexibility index (Phi) is 10.4. The Morgan fingerprint density at radius 3 is 2.06 bits per heavy atom. The van der Waals surface area contributed by atoms with Crippen molar-refractivity contribution in [1.29, 1.82) is 0 Å². The molecule has 98 valence electrons. The van der Waals surface area contributed by atoms with Crippen molar-refractivity contribution in [1.82, 2.24) is 0 Å². The van der Waals surface area contributed by atoms with Crippen molar-refractivity contribution >= 4 is 7.60 Å². The van der Waals surface area contributed by atoms with Crippen molar-refractivity contribution < 1.29 is 14.0 Å². The molecule has 0 aromatic heterocycles. The maximum atomic E-state index is 11.5. The first-order valence-corrected chi connectivity index (χ1v) is 8.35. The molecule has 0 spiro atoms. The average Bonchev–Trinajstić information content (AvgIpc) is 2.24. The van der Waals surface area contributed by atoms with Crippen LogP contribution in [0.3, 0.4) is 0 Å². The maximum absolute atomic E-state index is 11.5. The fraction of sp³-hybridized carbons (Fsp3) is 1.00. The summed E-state index contributed by atoms with van der Waals surface area (Å²) in [5.74, 6) is 0. The maximum Gasteiger partial charge on any atom is 0.328 e. The van der Waals surface area contributed by atoms with Crippen LogP contribution in [-0.2, 0) is 9.09 Å². The molecular weight excluding hydrogens is 223 g/mol. The van der Waals surface area contributed by atoms with Crippen LogP contribution in [0.5, 0.6) is 0 Å². The molecule has 0 saturated carbocycles. The molecule has 0 saturated heterocycles. The molecule has 0 aliphatic carbocycles. The van der Waals surface area contributed by atoms with E-state index in [4.69, 9.17) is 4.52 Å².